The average molecular weight is 458 g/mol. The molecule has 3 rings (SSSR count). The van der Waals surface area contributed by atoms with Gasteiger partial charge in [-0.1, -0.05) is 30.3 Å². The number of hydrogen-bond acceptors (Lipinski definition) is 5. The van der Waals surface area contributed by atoms with E-state index in [9.17, 15) is 19.2 Å². The maximum Gasteiger partial charge on any atom is 0.328 e. The average Bonchev–Trinajstić information content (AvgIpc) is 2.83. The quantitative estimate of drug-likeness (QED) is 0.623. The van der Waals surface area contributed by atoms with Crippen molar-refractivity contribution < 1.29 is 29.4 Å². The first-order valence-corrected chi connectivity index (χ1v) is 11.0. The zero-order valence-electron chi connectivity index (χ0n) is 18.6. The molecule has 0 aromatic heterocycles. The molecule has 1 aromatic rings. The minimum absolute atomic E-state index is 0.0471. The number of carboxylic acids is 2. The van der Waals surface area contributed by atoms with Gasteiger partial charge in [-0.05, 0) is 30.9 Å². The van der Waals surface area contributed by atoms with Crippen molar-refractivity contribution in [2.45, 2.75) is 19.3 Å². The van der Waals surface area contributed by atoms with E-state index >= 15 is 0 Å². The van der Waals surface area contributed by atoms with Crippen LogP contribution in [0.4, 0.5) is 0 Å². The van der Waals surface area contributed by atoms with Gasteiger partial charge < -0.3 is 20.0 Å². The summed E-state index contributed by atoms with van der Waals surface area (Å²) in [6.07, 6.45) is 8.10. The van der Waals surface area contributed by atoms with Crippen LogP contribution in [0.2, 0.25) is 0 Å². The Kier molecular flexibility index (Phi) is 10.8. The highest BCUT2D eigenvalue weighted by Crippen LogP contribution is 2.10. The number of rotatable bonds is 6. The molecule has 2 fully saturated rings. The Labute approximate surface area is 193 Å². The highest BCUT2D eigenvalue weighted by molar-refractivity contribution is 5.92. The van der Waals surface area contributed by atoms with Crippen LogP contribution < -0.4 is 0 Å². The zero-order valence-corrected chi connectivity index (χ0v) is 18.6. The number of likely N-dealkylation sites (tertiary alicyclic amines) is 1. The first-order valence-electron chi connectivity index (χ1n) is 11.0. The van der Waals surface area contributed by atoms with E-state index in [1.54, 1.807) is 6.08 Å². The molecule has 2 amide bonds. The van der Waals surface area contributed by atoms with Gasteiger partial charge in [-0.25, -0.2) is 9.59 Å². The predicted molar refractivity (Wildman–Crippen MR) is 123 cm³/mol. The van der Waals surface area contributed by atoms with Crippen LogP contribution in [0.1, 0.15) is 24.8 Å². The molecule has 9 heteroatoms. The molecule has 0 radical (unpaired) electrons. The smallest absolute Gasteiger partial charge is 0.328 e. The van der Waals surface area contributed by atoms with Gasteiger partial charge >= 0.3 is 11.9 Å². The minimum atomic E-state index is -1.26. The van der Waals surface area contributed by atoms with Crippen molar-refractivity contribution in [3.05, 3.63) is 54.1 Å². The fourth-order valence-corrected chi connectivity index (χ4v) is 3.54. The number of piperidine rings is 1. The number of piperazine rings is 1. The summed E-state index contributed by atoms with van der Waals surface area (Å²) in [5.74, 6) is -2.23. The first kappa shape index (κ1) is 25.8. The van der Waals surface area contributed by atoms with E-state index < -0.39 is 11.9 Å². The van der Waals surface area contributed by atoms with E-state index in [2.05, 4.69) is 4.90 Å². The lowest BCUT2D eigenvalue weighted by molar-refractivity contribution is -0.134. The standard InChI is InChI=1S/C20H27N3O2.C4H4O4/c24-19(10-9-18-7-3-1-4-8-18)23-15-13-21(14-16-23)17-20(25)22-11-5-2-6-12-22;5-3(6)1-2-4(7)8/h1,3-4,7-10H,2,5-6,11-17H2;1-2H,(H,5,6)(H,7,8)/b10-9+;2-1-. The molecule has 0 unspecified atom stereocenters. The first-order chi connectivity index (χ1) is 15.8. The Morgan fingerprint density at radius 2 is 1.30 bits per heavy atom. The fraction of sp³-hybridized carbons (Fsp3) is 0.417. The predicted octanol–water partition coefficient (Wildman–Crippen LogP) is 1.57. The Bertz CT molecular complexity index is 838. The summed E-state index contributed by atoms with van der Waals surface area (Å²) in [5, 5.41) is 15.6. The third-order valence-corrected chi connectivity index (χ3v) is 5.34. The second-order valence-corrected chi connectivity index (χ2v) is 7.80. The van der Waals surface area contributed by atoms with Crippen LogP contribution in [0, 0.1) is 0 Å². The van der Waals surface area contributed by atoms with Crippen molar-refractivity contribution in [1.82, 2.24) is 14.7 Å². The van der Waals surface area contributed by atoms with Gasteiger partial charge in [0.1, 0.15) is 0 Å². The third-order valence-electron chi connectivity index (χ3n) is 5.34. The van der Waals surface area contributed by atoms with E-state index in [-0.39, 0.29) is 11.8 Å². The topological polar surface area (TPSA) is 118 Å². The molecular weight excluding hydrogens is 426 g/mol. The minimum Gasteiger partial charge on any atom is -0.478 e. The van der Waals surface area contributed by atoms with Gasteiger partial charge in [-0.2, -0.15) is 0 Å². The number of benzene rings is 1. The van der Waals surface area contributed by atoms with Gasteiger partial charge in [0.25, 0.3) is 0 Å². The SMILES string of the molecule is O=C(/C=C/c1ccccc1)N1CCN(CC(=O)N2CCCCC2)CC1.O=C(O)/C=C\C(=O)O. The van der Waals surface area contributed by atoms with Crippen LogP contribution in [0.3, 0.4) is 0 Å². The molecule has 2 aliphatic heterocycles. The molecule has 0 bridgehead atoms. The Morgan fingerprint density at radius 1 is 0.727 bits per heavy atom. The van der Waals surface area contributed by atoms with Gasteiger partial charge in [0.05, 0.1) is 6.54 Å². The molecule has 2 saturated heterocycles. The van der Waals surface area contributed by atoms with Gasteiger partial charge in [-0.3, -0.25) is 14.5 Å². The Balaban J connectivity index is 0.000000414. The van der Waals surface area contributed by atoms with Crippen molar-refractivity contribution >= 4 is 29.8 Å². The van der Waals surface area contributed by atoms with Crippen molar-refractivity contribution in [1.29, 1.82) is 0 Å². The van der Waals surface area contributed by atoms with E-state index in [1.165, 1.54) is 6.42 Å². The molecule has 33 heavy (non-hydrogen) atoms. The lowest BCUT2D eigenvalue weighted by atomic mass is 10.1. The monoisotopic (exact) mass is 457 g/mol. The van der Waals surface area contributed by atoms with Crippen LogP contribution in [0.25, 0.3) is 6.08 Å². The number of hydrogen-bond donors (Lipinski definition) is 2. The lowest BCUT2D eigenvalue weighted by Gasteiger charge is -2.35. The summed E-state index contributed by atoms with van der Waals surface area (Å²) in [5.41, 5.74) is 1.03. The molecule has 0 saturated carbocycles. The van der Waals surface area contributed by atoms with Crippen molar-refractivity contribution in [3.8, 4) is 0 Å². The van der Waals surface area contributed by atoms with E-state index in [1.807, 2.05) is 46.2 Å². The highest BCUT2D eigenvalue weighted by atomic mass is 16.4. The maximum absolute atomic E-state index is 12.3. The van der Waals surface area contributed by atoms with E-state index in [0.717, 1.165) is 44.6 Å². The number of carbonyl (C=O) groups is 4. The van der Waals surface area contributed by atoms with Gasteiger partial charge in [0.2, 0.25) is 11.8 Å². The third kappa shape index (κ3) is 10.1. The summed E-state index contributed by atoms with van der Waals surface area (Å²) >= 11 is 0. The van der Waals surface area contributed by atoms with Crippen LogP contribution in [0.15, 0.2) is 48.6 Å². The second-order valence-electron chi connectivity index (χ2n) is 7.80. The highest BCUT2D eigenvalue weighted by Gasteiger charge is 2.23. The summed E-state index contributed by atoms with van der Waals surface area (Å²) in [6, 6.07) is 9.84. The molecule has 1 aromatic carbocycles. The van der Waals surface area contributed by atoms with Gasteiger partial charge in [0, 0.05) is 57.5 Å². The van der Waals surface area contributed by atoms with Crippen molar-refractivity contribution in [2.24, 2.45) is 0 Å². The molecule has 0 spiro atoms. The zero-order chi connectivity index (χ0) is 24.1. The lowest BCUT2D eigenvalue weighted by Crippen LogP contribution is -2.51. The van der Waals surface area contributed by atoms with Crippen molar-refractivity contribution in [3.63, 3.8) is 0 Å². The number of carboxylic acid groups (broad SMARTS) is 2. The number of carbonyl (C=O) groups excluding carboxylic acids is 2. The molecule has 2 aliphatic rings. The number of nitrogens with zero attached hydrogens (tertiary/aromatic N) is 3. The van der Waals surface area contributed by atoms with Crippen LogP contribution in [0.5, 0.6) is 0 Å². The summed E-state index contributed by atoms with van der Waals surface area (Å²) in [4.78, 5) is 49.8. The number of aliphatic carboxylic acids is 2. The summed E-state index contributed by atoms with van der Waals surface area (Å²) in [6.45, 7) is 5.20. The van der Waals surface area contributed by atoms with E-state index in [4.69, 9.17) is 10.2 Å². The molecule has 2 heterocycles. The molecule has 0 atom stereocenters. The summed E-state index contributed by atoms with van der Waals surface area (Å²) in [7, 11) is 0. The van der Waals surface area contributed by atoms with E-state index in [0.29, 0.717) is 31.8 Å². The van der Waals surface area contributed by atoms with Crippen molar-refractivity contribution in [2.75, 3.05) is 45.8 Å². The molecule has 2 N–H and O–H groups in total. The molecular formula is C24H31N3O6. The maximum atomic E-state index is 12.3. The number of amides is 2. The normalized spacial score (nSPS) is 17.0. The largest absolute Gasteiger partial charge is 0.478 e. The Morgan fingerprint density at radius 3 is 1.85 bits per heavy atom. The molecule has 178 valence electrons. The van der Waals surface area contributed by atoms with Gasteiger partial charge in [-0.15, -0.1) is 0 Å². The van der Waals surface area contributed by atoms with Crippen LogP contribution in [-0.4, -0.2) is 94.5 Å². The van der Waals surface area contributed by atoms with Crippen LogP contribution in [-0.2, 0) is 19.2 Å². The fourth-order valence-electron chi connectivity index (χ4n) is 3.54. The molecule has 9 nitrogen and oxygen atoms in total. The summed E-state index contributed by atoms with van der Waals surface area (Å²) < 4.78 is 0. The van der Waals surface area contributed by atoms with Gasteiger partial charge in [0.15, 0.2) is 0 Å². The molecule has 0 aliphatic carbocycles. The van der Waals surface area contributed by atoms with Crippen LogP contribution >= 0.6 is 0 Å². The second kappa shape index (κ2) is 13.8. The Hall–Kier alpha value is -3.46.